The fourth-order valence-corrected chi connectivity index (χ4v) is 4.73. The van der Waals surface area contributed by atoms with Crippen LogP contribution in [0, 0.1) is 10.8 Å². The molecule has 6 heteroatoms. The number of aliphatic hydroxyl groups excluding tert-OH is 2. The minimum absolute atomic E-state index is 0.0738. The maximum atomic E-state index is 12.8. The van der Waals surface area contributed by atoms with Gasteiger partial charge in [0.1, 0.15) is 11.5 Å². The van der Waals surface area contributed by atoms with Gasteiger partial charge in [-0.15, -0.1) is 13.2 Å². The molecule has 6 nitrogen and oxygen atoms in total. The highest BCUT2D eigenvalue weighted by molar-refractivity contribution is 6.24. The molecule has 0 spiro atoms. The number of nitrogens with zero attached hydrogens (tertiary/aromatic N) is 2. The summed E-state index contributed by atoms with van der Waals surface area (Å²) in [6, 6.07) is 0. The highest BCUT2D eigenvalue weighted by atomic mass is 16.3. The van der Waals surface area contributed by atoms with E-state index in [4.69, 9.17) is 0 Å². The van der Waals surface area contributed by atoms with Crippen molar-refractivity contribution in [3.63, 3.8) is 0 Å². The largest absolute Gasteiger partial charge is 0.511 e. The SMILES string of the molecule is C=CCN=C(CCCCC(=NCC=C)C1=C(O)CC(C)(C)CC1=O)C1=C(O)CC(C)(C)CC1=O. The maximum Gasteiger partial charge on any atom is 0.168 e. The summed E-state index contributed by atoms with van der Waals surface area (Å²) in [6.45, 7) is 16.1. The summed E-state index contributed by atoms with van der Waals surface area (Å²) < 4.78 is 0. The third-order valence-corrected chi connectivity index (χ3v) is 6.18. The molecule has 2 aliphatic carbocycles. The number of ketones is 2. The predicted octanol–water partition coefficient (Wildman–Crippen LogP) is 6.20. The van der Waals surface area contributed by atoms with Crippen molar-refractivity contribution in [2.75, 3.05) is 13.1 Å². The van der Waals surface area contributed by atoms with Crippen molar-refractivity contribution in [1.29, 1.82) is 0 Å². The van der Waals surface area contributed by atoms with Gasteiger partial charge in [-0.2, -0.15) is 0 Å². The van der Waals surface area contributed by atoms with Crippen LogP contribution in [-0.4, -0.2) is 46.3 Å². The third-order valence-electron chi connectivity index (χ3n) is 6.18. The second kappa shape index (κ2) is 11.6. The zero-order chi connectivity index (χ0) is 25.5. The highest BCUT2D eigenvalue weighted by Crippen LogP contribution is 2.38. The van der Waals surface area contributed by atoms with Crippen molar-refractivity contribution in [3.05, 3.63) is 48.0 Å². The number of rotatable bonds is 11. The first-order valence-corrected chi connectivity index (χ1v) is 12.1. The summed E-state index contributed by atoms with van der Waals surface area (Å²) in [5.41, 5.74) is 1.40. The first-order chi connectivity index (χ1) is 15.9. The van der Waals surface area contributed by atoms with Crippen LogP contribution in [-0.2, 0) is 9.59 Å². The molecule has 0 aromatic carbocycles. The maximum absolute atomic E-state index is 12.8. The van der Waals surface area contributed by atoms with Gasteiger partial charge >= 0.3 is 0 Å². The smallest absolute Gasteiger partial charge is 0.168 e. The summed E-state index contributed by atoms with van der Waals surface area (Å²) in [5, 5.41) is 21.2. The minimum atomic E-state index is -0.262. The molecule has 0 saturated carbocycles. The van der Waals surface area contributed by atoms with Gasteiger partial charge in [0.25, 0.3) is 0 Å². The summed E-state index contributed by atoms with van der Waals surface area (Å²) in [6.07, 6.45) is 7.44. The van der Waals surface area contributed by atoms with E-state index in [0.29, 0.717) is 87.0 Å². The Morgan fingerprint density at radius 1 is 0.765 bits per heavy atom. The molecule has 2 N–H and O–H groups in total. The topological polar surface area (TPSA) is 99.3 Å². The van der Waals surface area contributed by atoms with E-state index < -0.39 is 0 Å². The number of hydrogen-bond donors (Lipinski definition) is 2. The molecule has 0 atom stereocenters. The molecule has 0 aliphatic heterocycles. The number of allylic oxidation sites excluding steroid dienone is 4. The van der Waals surface area contributed by atoms with Crippen molar-refractivity contribution < 1.29 is 19.8 Å². The van der Waals surface area contributed by atoms with Crippen LogP contribution in [0.15, 0.2) is 58.0 Å². The molecule has 0 aromatic heterocycles. The number of aliphatic hydroxyl groups is 2. The second-order valence-corrected chi connectivity index (χ2v) is 10.9. The van der Waals surface area contributed by atoms with Crippen LogP contribution in [0.5, 0.6) is 0 Å². The molecule has 0 bridgehead atoms. The van der Waals surface area contributed by atoms with Gasteiger partial charge in [-0.05, 0) is 36.5 Å². The first-order valence-electron chi connectivity index (χ1n) is 12.1. The number of unbranched alkanes of at least 4 members (excludes halogenated alkanes) is 1. The Labute approximate surface area is 204 Å². The zero-order valence-electron chi connectivity index (χ0n) is 21.2. The van der Waals surface area contributed by atoms with Crippen LogP contribution in [0.25, 0.3) is 0 Å². The molecular weight excluding hydrogens is 428 g/mol. The lowest BCUT2D eigenvalue weighted by atomic mass is 9.75. The van der Waals surface area contributed by atoms with Crippen LogP contribution < -0.4 is 0 Å². The monoisotopic (exact) mass is 468 g/mol. The number of carbonyl (C=O) groups is 2. The fraction of sp³-hybridized carbons (Fsp3) is 0.571. The van der Waals surface area contributed by atoms with E-state index in [2.05, 4.69) is 23.1 Å². The third kappa shape index (κ3) is 7.37. The molecule has 0 heterocycles. The highest BCUT2D eigenvalue weighted by Gasteiger charge is 2.36. The Morgan fingerprint density at radius 2 is 1.12 bits per heavy atom. The molecule has 0 amide bonds. The summed E-state index contributed by atoms with van der Waals surface area (Å²) in [7, 11) is 0. The van der Waals surface area contributed by atoms with Crippen molar-refractivity contribution in [2.24, 2.45) is 20.8 Å². The predicted molar refractivity (Wildman–Crippen MR) is 139 cm³/mol. The molecule has 2 rings (SSSR count). The Bertz CT molecular complexity index is 883. The average Bonchev–Trinajstić information content (AvgIpc) is 2.69. The van der Waals surface area contributed by atoms with Crippen LogP contribution >= 0.6 is 0 Å². The van der Waals surface area contributed by atoms with E-state index in [0.717, 1.165) is 0 Å². The lowest BCUT2D eigenvalue weighted by molar-refractivity contribution is -0.118. The van der Waals surface area contributed by atoms with E-state index >= 15 is 0 Å². The molecule has 0 fully saturated rings. The summed E-state index contributed by atoms with van der Waals surface area (Å²) in [5.74, 6) is 0.0798. The normalized spacial score (nSPS) is 21.2. The molecule has 34 heavy (non-hydrogen) atoms. The van der Waals surface area contributed by atoms with Gasteiger partial charge in [0.2, 0.25) is 0 Å². The van der Waals surface area contributed by atoms with E-state index in [1.54, 1.807) is 12.2 Å². The Morgan fingerprint density at radius 3 is 1.41 bits per heavy atom. The van der Waals surface area contributed by atoms with Gasteiger partial charge in [0.15, 0.2) is 11.6 Å². The summed E-state index contributed by atoms with van der Waals surface area (Å²) >= 11 is 0. The van der Waals surface area contributed by atoms with Crippen molar-refractivity contribution in [1.82, 2.24) is 0 Å². The first kappa shape index (κ1) is 27.5. The molecule has 2 aliphatic rings. The van der Waals surface area contributed by atoms with Crippen molar-refractivity contribution >= 4 is 23.0 Å². The van der Waals surface area contributed by atoms with Crippen molar-refractivity contribution in [3.8, 4) is 0 Å². The molecule has 0 unspecified atom stereocenters. The van der Waals surface area contributed by atoms with Gasteiger partial charge in [-0.25, -0.2) is 0 Å². The number of hydrogen-bond acceptors (Lipinski definition) is 6. The molecule has 0 radical (unpaired) electrons. The van der Waals surface area contributed by atoms with Crippen LogP contribution in [0.4, 0.5) is 0 Å². The zero-order valence-corrected chi connectivity index (χ0v) is 21.2. The number of aliphatic imine (C=N–C) groups is 2. The van der Waals surface area contributed by atoms with Gasteiger partial charge in [0.05, 0.1) is 24.2 Å². The van der Waals surface area contributed by atoms with Crippen LogP contribution in [0.3, 0.4) is 0 Å². The molecular formula is C28H40N2O4. The Hall–Kier alpha value is -2.76. The molecule has 186 valence electrons. The van der Waals surface area contributed by atoms with E-state index in [-0.39, 0.29) is 33.9 Å². The lowest BCUT2D eigenvalue weighted by Crippen LogP contribution is -2.30. The number of carbonyl (C=O) groups excluding carboxylic acids is 2. The van der Waals surface area contributed by atoms with Crippen molar-refractivity contribution in [2.45, 2.75) is 79.1 Å². The fourth-order valence-electron chi connectivity index (χ4n) is 4.73. The average molecular weight is 469 g/mol. The Balaban J connectivity index is 2.15. The van der Waals surface area contributed by atoms with Gasteiger partial charge in [-0.1, -0.05) is 39.8 Å². The van der Waals surface area contributed by atoms with Crippen LogP contribution in [0.1, 0.15) is 79.1 Å². The standard InChI is InChI=1S/C28H40N2O4/c1-7-13-29-19(25-21(31)15-27(3,4)16-22(25)32)11-9-10-12-20(30-14-8-2)26-23(33)17-28(5,6)18-24(26)34/h7-8,31,33H,1-2,9-18H2,3-6H3. The van der Waals surface area contributed by atoms with Crippen LogP contribution in [0.2, 0.25) is 0 Å². The van der Waals surface area contributed by atoms with Gasteiger partial charge in [-0.3, -0.25) is 19.6 Å². The Kier molecular flexibility index (Phi) is 9.37. The quantitative estimate of drug-likeness (QED) is 0.214. The second-order valence-electron chi connectivity index (χ2n) is 10.9. The number of Topliss-reactive ketones (excluding diaryl/α,β-unsaturated/α-hetero) is 2. The van der Waals surface area contributed by atoms with Gasteiger partial charge < -0.3 is 10.2 Å². The molecule has 0 aromatic rings. The molecule has 0 saturated heterocycles. The minimum Gasteiger partial charge on any atom is -0.511 e. The van der Waals surface area contributed by atoms with Gasteiger partial charge in [0, 0.05) is 37.1 Å². The lowest BCUT2D eigenvalue weighted by Gasteiger charge is -2.30. The summed E-state index contributed by atoms with van der Waals surface area (Å²) in [4.78, 5) is 34.6. The van der Waals surface area contributed by atoms with E-state index in [1.807, 2.05) is 27.7 Å². The van der Waals surface area contributed by atoms with E-state index in [1.165, 1.54) is 0 Å². The van der Waals surface area contributed by atoms with E-state index in [9.17, 15) is 19.8 Å².